The average molecular weight is 467 g/mol. The fourth-order valence-corrected chi connectivity index (χ4v) is 2.93. The monoisotopic (exact) mass is 466 g/mol. The third-order valence-electron chi connectivity index (χ3n) is 4.89. The van der Waals surface area contributed by atoms with E-state index < -0.39 is 29.7 Å². The van der Waals surface area contributed by atoms with Gasteiger partial charge in [-0.3, -0.25) is 14.4 Å². The van der Waals surface area contributed by atoms with Crippen molar-refractivity contribution in [1.29, 1.82) is 0 Å². The molecule has 0 aromatic carbocycles. The van der Waals surface area contributed by atoms with E-state index in [-0.39, 0.29) is 12.8 Å². The molecule has 0 radical (unpaired) electrons. The molecule has 0 aromatic rings. The molecule has 1 atom stereocenters. The molecule has 10 nitrogen and oxygen atoms in total. The van der Waals surface area contributed by atoms with Gasteiger partial charge in [-0.1, -0.05) is 65.2 Å². The number of carboxylic acid groups (broad SMARTS) is 1. The summed E-state index contributed by atoms with van der Waals surface area (Å²) in [6.07, 6.45) is 15.6. The lowest BCUT2D eigenvalue weighted by Crippen LogP contribution is -2.51. The van der Waals surface area contributed by atoms with Crippen LogP contribution in [0.25, 0.3) is 0 Å². The summed E-state index contributed by atoms with van der Waals surface area (Å²) in [4.78, 5) is 46.4. The lowest BCUT2D eigenvalue weighted by Gasteiger charge is -2.16. The van der Waals surface area contributed by atoms with Crippen LogP contribution < -0.4 is 21.3 Å². The van der Waals surface area contributed by atoms with Gasteiger partial charge in [0.15, 0.2) is 0 Å². The van der Waals surface area contributed by atoms with Crippen molar-refractivity contribution in [3.05, 3.63) is 0 Å². The number of nitrogens with zero attached hydrogens (tertiary/aromatic N) is 2. The van der Waals surface area contributed by atoms with Gasteiger partial charge in [-0.05, 0) is 32.1 Å². The molecule has 10 heteroatoms. The van der Waals surface area contributed by atoms with Gasteiger partial charge in [0.1, 0.15) is 12.0 Å². The van der Waals surface area contributed by atoms with Crippen LogP contribution in [0.4, 0.5) is 0 Å². The number of rotatable bonds is 19. The molecule has 3 N–H and O–H groups in total. The number of hydrogen-bond acceptors (Lipinski definition) is 7. The predicted molar refractivity (Wildman–Crippen MR) is 126 cm³/mol. The Hall–Kier alpha value is -2.78. The number of hydrogen-bond donors (Lipinski definition) is 3. The van der Waals surface area contributed by atoms with Crippen molar-refractivity contribution in [2.45, 2.75) is 110 Å². The number of unbranched alkanes of at least 4 members (excludes halogenated alkanes) is 10. The van der Waals surface area contributed by atoms with E-state index in [1.165, 1.54) is 25.7 Å². The SMILES string of the molecule is CCCCCCC/C=N/NC(=O)CC[C@H](NC(=O)C(=O)[O-])C(=O)N/N=C/CCCCCCC. The van der Waals surface area contributed by atoms with Crippen LogP contribution in [-0.2, 0) is 19.2 Å². The van der Waals surface area contributed by atoms with E-state index in [1.807, 2.05) is 5.32 Å². The Labute approximate surface area is 197 Å². The van der Waals surface area contributed by atoms with Crippen LogP contribution in [0.3, 0.4) is 0 Å². The Kier molecular flexibility index (Phi) is 19.3. The third-order valence-corrected chi connectivity index (χ3v) is 4.89. The van der Waals surface area contributed by atoms with E-state index in [0.29, 0.717) is 6.42 Å². The van der Waals surface area contributed by atoms with Crippen LogP contribution in [0.1, 0.15) is 104 Å². The van der Waals surface area contributed by atoms with Crippen molar-refractivity contribution in [3.63, 3.8) is 0 Å². The Morgan fingerprint density at radius 2 is 1.30 bits per heavy atom. The molecule has 0 aliphatic rings. The first kappa shape index (κ1) is 30.2. The van der Waals surface area contributed by atoms with E-state index >= 15 is 0 Å². The zero-order chi connectivity index (χ0) is 24.7. The first-order chi connectivity index (χ1) is 15.9. The maximum Gasteiger partial charge on any atom is 0.267 e. The van der Waals surface area contributed by atoms with Crippen molar-refractivity contribution in [3.8, 4) is 0 Å². The molecular weight excluding hydrogens is 426 g/mol. The third kappa shape index (κ3) is 18.5. The second kappa shape index (κ2) is 21.1. The summed E-state index contributed by atoms with van der Waals surface area (Å²) in [5.74, 6) is -4.56. The number of carbonyl (C=O) groups is 4. The second-order valence-corrected chi connectivity index (χ2v) is 7.89. The number of nitrogens with one attached hydrogen (secondary N) is 3. The van der Waals surface area contributed by atoms with Gasteiger partial charge in [0.05, 0.1) is 0 Å². The van der Waals surface area contributed by atoms with Crippen LogP contribution in [-0.4, -0.2) is 42.2 Å². The minimum absolute atomic E-state index is 0.115. The van der Waals surface area contributed by atoms with Gasteiger partial charge in [-0.2, -0.15) is 10.2 Å². The average Bonchev–Trinajstić information content (AvgIpc) is 2.79. The molecule has 0 aromatic heterocycles. The molecule has 0 bridgehead atoms. The standard InChI is InChI=1S/C23H41N5O5/c1-3-5-7-9-11-13-17-24-27-20(29)16-15-19(26-22(31)23(32)33)21(30)28-25-18-14-12-10-8-6-4-2/h17-19H,3-16H2,1-2H3,(H,26,31)(H,27,29)(H,28,30)(H,32,33)/p-1/b24-17+,25-18+/t19-/m0/s1. The highest BCUT2D eigenvalue weighted by molar-refractivity contribution is 6.30. The topological polar surface area (TPSA) is 152 Å². The highest BCUT2D eigenvalue weighted by Crippen LogP contribution is 2.04. The molecule has 0 saturated heterocycles. The lowest BCUT2D eigenvalue weighted by atomic mass is 10.1. The smallest absolute Gasteiger partial charge is 0.267 e. The summed E-state index contributed by atoms with van der Waals surface area (Å²) >= 11 is 0. The number of amides is 3. The zero-order valence-electron chi connectivity index (χ0n) is 20.1. The van der Waals surface area contributed by atoms with Gasteiger partial charge >= 0.3 is 0 Å². The van der Waals surface area contributed by atoms with Crippen molar-refractivity contribution >= 4 is 36.1 Å². The maximum atomic E-state index is 12.3. The summed E-state index contributed by atoms with van der Waals surface area (Å²) in [6.45, 7) is 4.29. The summed E-state index contributed by atoms with van der Waals surface area (Å²) in [5.41, 5.74) is 4.64. The Morgan fingerprint density at radius 3 is 1.82 bits per heavy atom. The number of carbonyl (C=O) groups excluding carboxylic acids is 4. The summed E-state index contributed by atoms with van der Waals surface area (Å²) in [5, 5.41) is 20.4. The van der Waals surface area contributed by atoms with Gasteiger partial charge < -0.3 is 15.2 Å². The van der Waals surface area contributed by atoms with Crippen molar-refractivity contribution < 1.29 is 24.3 Å². The van der Waals surface area contributed by atoms with Crippen LogP contribution in [0.15, 0.2) is 10.2 Å². The van der Waals surface area contributed by atoms with Gasteiger partial charge in [0, 0.05) is 18.9 Å². The molecule has 0 heterocycles. The van der Waals surface area contributed by atoms with Gasteiger partial charge in [-0.15, -0.1) is 0 Å². The molecule has 0 spiro atoms. The van der Waals surface area contributed by atoms with E-state index in [1.54, 1.807) is 12.4 Å². The van der Waals surface area contributed by atoms with Crippen molar-refractivity contribution in [1.82, 2.24) is 16.2 Å². The normalized spacial score (nSPS) is 12.1. The van der Waals surface area contributed by atoms with Gasteiger partial charge in [0.25, 0.3) is 11.8 Å². The fraction of sp³-hybridized carbons (Fsp3) is 0.739. The lowest BCUT2D eigenvalue weighted by molar-refractivity contribution is -0.300. The predicted octanol–water partition coefficient (Wildman–Crippen LogP) is 1.93. The van der Waals surface area contributed by atoms with Gasteiger partial charge in [-0.25, -0.2) is 10.9 Å². The second-order valence-electron chi connectivity index (χ2n) is 7.89. The summed E-state index contributed by atoms with van der Waals surface area (Å²) in [6, 6.07) is -1.25. The molecule has 0 aliphatic heterocycles. The number of carboxylic acids is 1. The van der Waals surface area contributed by atoms with Crippen LogP contribution in [0.2, 0.25) is 0 Å². The van der Waals surface area contributed by atoms with E-state index in [2.05, 4.69) is 34.9 Å². The highest BCUT2D eigenvalue weighted by Gasteiger charge is 2.22. The first-order valence-corrected chi connectivity index (χ1v) is 12.1. The Bertz CT molecular complexity index is 637. The van der Waals surface area contributed by atoms with E-state index in [9.17, 15) is 24.3 Å². The molecule has 0 saturated carbocycles. The maximum absolute atomic E-state index is 12.3. The minimum atomic E-state index is -1.96. The molecular formula is C23H40N5O5-. The van der Waals surface area contributed by atoms with Crippen LogP contribution >= 0.6 is 0 Å². The Balaban J connectivity index is 4.40. The zero-order valence-corrected chi connectivity index (χ0v) is 20.1. The Morgan fingerprint density at radius 1 is 0.788 bits per heavy atom. The van der Waals surface area contributed by atoms with Crippen LogP contribution in [0.5, 0.6) is 0 Å². The summed E-state index contributed by atoms with van der Waals surface area (Å²) in [7, 11) is 0. The number of hydrazone groups is 2. The molecule has 0 aliphatic carbocycles. The quantitative estimate of drug-likeness (QED) is 0.115. The fourth-order valence-electron chi connectivity index (χ4n) is 2.93. The van der Waals surface area contributed by atoms with Crippen LogP contribution in [0, 0.1) is 0 Å². The largest absolute Gasteiger partial charge is 0.540 e. The van der Waals surface area contributed by atoms with E-state index in [4.69, 9.17) is 0 Å². The van der Waals surface area contributed by atoms with E-state index in [0.717, 1.165) is 44.9 Å². The van der Waals surface area contributed by atoms with Crippen molar-refractivity contribution in [2.24, 2.45) is 10.2 Å². The van der Waals surface area contributed by atoms with Crippen molar-refractivity contribution in [2.75, 3.05) is 0 Å². The molecule has 0 unspecified atom stereocenters. The van der Waals surface area contributed by atoms with Gasteiger partial charge in [0.2, 0.25) is 5.91 Å². The molecule has 0 fully saturated rings. The first-order valence-electron chi connectivity index (χ1n) is 12.1. The molecule has 3 amide bonds. The minimum Gasteiger partial charge on any atom is -0.540 e. The molecule has 33 heavy (non-hydrogen) atoms. The summed E-state index contributed by atoms with van der Waals surface area (Å²) < 4.78 is 0. The molecule has 0 rings (SSSR count). The highest BCUT2D eigenvalue weighted by atomic mass is 16.4. The molecule has 188 valence electrons. The number of aliphatic carboxylic acids is 1.